The summed E-state index contributed by atoms with van der Waals surface area (Å²) in [5.41, 5.74) is 3.80. The monoisotopic (exact) mass is 344 g/mol. The number of ether oxygens (including phenoxy) is 2. The highest BCUT2D eigenvalue weighted by Crippen LogP contribution is 2.66. The van der Waals surface area contributed by atoms with Crippen molar-refractivity contribution < 1.29 is 14.3 Å². The molecular weight excluding hydrogens is 316 g/mol. The Bertz CT molecular complexity index is 658. The molecule has 2 aliphatic carbocycles. The minimum absolute atomic E-state index is 0.0571. The van der Waals surface area contributed by atoms with Gasteiger partial charge < -0.3 is 9.47 Å². The predicted octanol–water partition coefficient (Wildman–Crippen LogP) is 3.76. The van der Waals surface area contributed by atoms with Gasteiger partial charge in [0.25, 0.3) is 0 Å². The zero-order chi connectivity index (χ0) is 17.9. The van der Waals surface area contributed by atoms with E-state index in [1.807, 2.05) is 32.0 Å². The summed E-state index contributed by atoms with van der Waals surface area (Å²) in [7, 11) is 0. The van der Waals surface area contributed by atoms with Gasteiger partial charge in [-0.1, -0.05) is 19.8 Å². The molecule has 0 heterocycles. The molecule has 1 N–H and O–H groups in total. The summed E-state index contributed by atoms with van der Waals surface area (Å²) in [5, 5.41) is 4.15. The first kappa shape index (κ1) is 17.8. The zero-order valence-electron chi connectivity index (χ0n) is 15.4. The van der Waals surface area contributed by atoms with Crippen molar-refractivity contribution in [3.05, 3.63) is 23.8 Å². The second-order valence-corrected chi connectivity index (χ2v) is 7.14. The van der Waals surface area contributed by atoms with Crippen LogP contribution in [0.3, 0.4) is 0 Å². The highest BCUT2D eigenvalue weighted by Gasteiger charge is 2.64. The minimum Gasteiger partial charge on any atom is -0.490 e. The quantitative estimate of drug-likeness (QED) is 0.605. The van der Waals surface area contributed by atoms with Crippen molar-refractivity contribution in [1.82, 2.24) is 5.43 Å². The van der Waals surface area contributed by atoms with Crippen LogP contribution in [0.4, 0.5) is 0 Å². The van der Waals surface area contributed by atoms with E-state index in [1.54, 1.807) is 6.21 Å². The third-order valence-corrected chi connectivity index (χ3v) is 5.57. The van der Waals surface area contributed by atoms with Crippen LogP contribution >= 0.6 is 0 Å². The van der Waals surface area contributed by atoms with Crippen LogP contribution < -0.4 is 14.9 Å². The average Bonchev–Trinajstić information content (AvgIpc) is 3.23. The highest BCUT2D eigenvalue weighted by atomic mass is 16.5. The normalized spacial score (nSPS) is 27.6. The van der Waals surface area contributed by atoms with Crippen LogP contribution in [0.25, 0.3) is 0 Å². The highest BCUT2D eigenvalue weighted by molar-refractivity contribution is 5.86. The fourth-order valence-corrected chi connectivity index (χ4v) is 4.24. The second-order valence-electron chi connectivity index (χ2n) is 7.14. The van der Waals surface area contributed by atoms with Gasteiger partial charge in [0.15, 0.2) is 11.5 Å². The van der Waals surface area contributed by atoms with Gasteiger partial charge in [0.2, 0.25) is 5.91 Å². The maximum atomic E-state index is 12.4. The number of hydrogen-bond acceptors (Lipinski definition) is 4. The van der Waals surface area contributed by atoms with E-state index in [4.69, 9.17) is 9.47 Å². The molecule has 0 bridgehead atoms. The van der Waals surface area contributed by atoms with Gasteiger partial charge >= 0.3 is 0 Å². The Kier molecular flexibility index (Phi) is 5.30. The van der Waals surface area contributed by atoms with Crippen molar-refractivity contribution in [2.75, 3.05) is 13.2 Å². The van der Waals surface area contributed by atoms with Crippen molar-refractivity contribution >= 4 is 12.1 Å². The Balaban J connectivity index is 1.60. The van der Waals surface area contributed by atoms with Gasteiger partial charge in [-0.3, -0.25) is 4.79 Å². The van der Waals surface area contributed by atoms with Crippen LogP contribution in [0.15, 0.2) is 23.3 Å². The van der Waals surface area contributed by atoms with E-state index in [2.05, 4.69) is 17.5 Å². The van der Waals surface area contributed by atoms with Gasteiger partial charge in [-0.05, 0) is 61.8 Å². The number of carbonyl (C=O) groups excluding carboxylic acids is 1. The predicted molar refractivity (Wildman–Crippen MR) is 98.1 cm³/mol. The van der Waals surface area contributed by atoms with Crippen molar-refractivity contribution in [2.45, 2.75) is 46.5 Å². The fourth-order valence-electron chi connectivity index (χ4n) is 4.24. The van der Waals surface area contributed by atoms with E-state index in [1.165, 1.54) is 19.3 Å². The molecule has 3 atom stereocenters. The van der Waals surface area contributed by atoms with Crippen LogP contribution in [0.5, 0.6) is 11.5 Å². The van der Waals surface area contributed by atoms with Crippen LogP contribution in [0.1, 0.15) is 52.0 Å². The Morgan fingerprint density at radius 3 is 2.72 bits per heavy atom. The topological polar surface area (TPSA) is 59.9 Å². The molecule has 5 nitrogen and oxygen atoms in total. The largest absolute Gasteiger partial charge is 0.490 e. The van der Waals surface area contributed by atoms with Crippen LogP contribution in [-0.4, -0.2) is 25.3 Å². The lowest BCUT2D eigenvalue weighted by molar-refractivity contribution is -0.123. The number of amides is 1. The number of rotatable bonds is 7. The van der Waals surface area contributed by atoms with Gasteiger partial charge in [-0.25, -0.2) is 5.43 Å². The van der Waals surface area contributed by atoms with Crippen LogP contribution in [-0.2, 0) is 4.79 Å². The summed E-state index contributed by atoms with van der Waals surface area (Å²) in [5.74, 6) is 2.15. The smallest absolute Gasteiger partial charge is 0.244 e. The van der Waals surface area contributed by atoms with Crippen LogP contribution in [0, 0.1) is 17.3 Å². The summed E-state index contributed by atoms with van der Waals surface area (Å²) in [4.78, 5) is 12.4. The molecule has 0 saturated heterocycles. The Morgan fingerprint density at radius 2 is 2.04 bits per heavy atom. The Hall–Kier alpha value is -2.04. The average molecular weight is 344 g/mol. The molecular formula is C20H28N2O3. The standard InChI is InChI=1S/C20H28N2O3/c1-4-24-16-10-9-14(12-17(16)25-5-2)13-21-22-19(23)18-15-8-6-7-11-20(15,18)3/h9-10,12-13,15,18H,4-8,11H2,1-3H3,(H,22,23)/b21-13-/t15-,18+,20-/m0/s1. The van der Waals surface area contributed by atoms with Crippen molar-refractivity contribution in [1.29, 1.82) is 0 Å². The zero-order valence-corrected chi connectivity index (χ0v) is 15.4. The van der Waals surface area contributed by atoms with E-state index in [0.717, 1.165) is 17.7 Å². The molecule has 1 amide bonds. The molecule has 2 saturated carbocycles. The third kappa shape index (κ3) is 3.65. The van der Waals surface area contributed by atoms with Gasteiger partial charge in [-0.15, -0.1) is 0 Å². The first-order valence-corrected chi connectivity index (χ1v) is 9.32. The first-order chi connectivity index (χ1) is 12.1. The summed E-state index contributed by atoms with van der Waals surface area (Å²) in [6, 6.07) is 5.65. The molecule has 3 rings (SSSR count). The molecule has 0 radical (unpaired) electrons. The van der Waals surface area contributed by atoms with Crippen LogP contribution in [0.2, 0.25) is 0 Å². The number of benzene rings is 1. The lowest BCUT2D eigenvalue weighted by Crippen LogP contribution is -2.22. The van der Waals surface area contributed by atoms with Gasteiger partial charge in [-0.2, -0.15) is 5.10 Å². The second kappa shape index (κ2) is 7.46. The fraction of sp³-hybridized carbons (Fsp3) is 0.600. The van der Waals surface area contributed by atoms with E-state index in [-0.39, 0.29) is 17.2 Å². The molecule has 1 aromatic rings. The molecule has 0 spiro atoms. The van der Waals surface area contributed by atoms with E-state index >= 15 is 0 Å². The number of nitrogens with one attached hydrogen (secondary N) is 1. The summed E-state index contributed by atoms with van der Waals surface area (Å²) in [6.45, 7) is 7.28. The van der Waals surface area contributed by atoms with Gasteiger partial charge in [0.1, 0.15) is 0 Å². The van der Waals surface area contributed by atoms with Gasteiger partial charge in [0, 0.05) is 5.92 Å². The number of nitrogens with zero attached hydrogens (tertiary/aromatic N) is 1. The van der Waals surface area contributed by atoms with Crippen molar-refractivity contribution in [3.63, 3.8) is 0 Å². The number of carbonyl (C=O) groups is 1. The minimum atomic E-state index is 0.0571. The molecule has 2 fully saturated rings. The number of fused-ring (bicyclic) bond motifs is 1. The third-order valence-electron chi connectivity index (χ3n) is 5.57. The molecule has 136 valence electrons. The summed E-state index contributed by atoms with van der Waals surface area (Å²) >= 11 is 0. The summed E-state index contributed by atoms with van der Waals surface area (Å²) < 4.78 is 11.2. The Morgan fingerprint density at radius 1 is 1.28 bits per heavy atom. The molecule has 0 aliphatic heterocycles. The maximum absolute atomic E-state index is 12.4. The molecule has 2 aliphatic rings. The number of hydrogen-bond donors (Lipinski definition) is 1. The molecule has 25 heavy (non-hydrogen) atoms. The molecule has 5 heteroatoms. The number of hydrazone groups is 1. The molecule has 0 unspecified atom stereocenters. The summed E-state index contributed by atoms with van der Waals surface area (Å²) in [6.07, 6.45) is 6.49. The lowest BCUT2D eigenvalue weighted by atomic mass is 9.90. The molecule has 0 aromatic heterocycles. The van der Waals surface area contributed by atoms with Crippen molar-refractivity contribution in [3.8, 4) is 11.5 Å². The van der Waals surface area contributed by atoms with E-state index < -0.39 is 0 Å². The first-order valence-electron chi connectivity index (χ1n) is 9.32. The lowest BCUT2D eigenvalue weighted by Gasteiger charge is -2.15. The molecule has 1 aromatic carbocycles. The Labute approximate surface area is 149 Å². The van der Waals surface area contributed by atoms with Gasteiger partial charge in [0.05, 0.1) is 19.4 Å². The van der Waals surface area contributed by atoms with Crippen molar-refractivity contribution in [2.24, 2.45) is 22.4 Å². The van der Waals surface area contributed by atoms with E-state index in [0.29, 0.717) is 24.9 Å². The van der Waals surface area contributed by atoms with E-state index in [9.17, 15) is 4.79 Å². The SMILES string of the molecule is CCOc1ccc(/C=N\NC(=O)[C@H]2[C@@H]3CCCC[C@@]32C)cc1OCC. The maximum Gasteiger partial charge on any atom is 0.244 e.